The van der Waals surface area contributed by atoms with Gasteiger partial charge in [-0.25, -0.2) is 13.2 Å². The van der Waals surface area contributed by atoms with Crippen LogP contribution in [0.15, 0.2) is 46.1 Å². The van der Waals surface area contributed by atoms with Crippen LogP contribution in [0.3, 0.4) is 0 Å². The molecule has 0 aliphatic rings. The minimum absolute atomic E-state index is 0.0591. The van der Waals surface area contributed by atoms with Gasteiger partial charge in [-0.2, -0.15) is 0 Å². The molecule has 6 nitrogen and oxygen atoms in total. The molecule has 0 radical (unpaired) electrons. The van der Waals surface area contributed by atoms with Crippen LogP contribution in [0.4, 0.5) is 0 Å². The highest BCUT2D eigenvalue weighted by Crippen LogP contribution is 2.13. The summed E-state index contributed by atoms with van der Waals surface area (Å²) in [7, 11) is -1.98. The Hall–Kier alpha value is -2.41. The van der Waals surface area contributed by atoms with E-state index in [1.807, 2.05) is 0 Å². The molecule has 7 heteroatoms. The number of hydrogen-bond acceptors (Lipinski definition) is 4. The molecule has 23 heavy (non-hydrogen) atoms. The summed E-state index contributed by atoms with van der Waals surface area (Å²) in [5.74, 6) is -1.42. The molecule has 0 aliphatic carbocycles. The summed E-state index contributed by atoms with van der Waals surface area (Å²) in [5, 5.41) is 9.22. The predicted molar refractivity (Wildman–Crippen MR) is 85.6 cm³/mol. The highest BCUT2D eigenvalue weighted by atomic mass is 32.2. The van der Waals surface area contributed by atoms with Crippen molar-refractivity contribution in [1.29, 1.82) is 0 Å². The average Bonchev–Trinajstić information content (AvgIpc) is 2.50. The summed E-state index contributed by atoms with van der Waals surface area (Å²) in [6.45, 7) is 1.44. The molecule has 1 aromatic carbocycles. The van der Waals surface area contributed by atoms with Crippen LogP contribution in [-0.2, 0) is 23.3 Å². The molecule has 0 bridgehead atoms. The Bertz CT molecular complexity index is 898. The molecule has 2 aromatic rings. The van der Waals surface area contributed by atoms with Crippen molar-refractivity contribution < 1.29 is 18.3 Å². The Morgan fingerprint density at radius 3 is 2.39 bits per heavy atom. The molecule has 0 aliphatic heterocycles. The first kappa shape index (κ1) is 17.0. The van der Waals surface area contributed by atoms with Crippen LogP contribution in [0, 0.1) is 6.92 Å². The number of carbonyl (C=O) groups is 1. The van der Waals surface area contributed by atoms with Gasteiger partial charge in [0.2, 0.25) is 0 Å². The zero-order valence-corrected chi connectivity index (χ0v) is 13.6. The molecule has 0 saturated carbocycles. The van der Waals surface area contributed by atoms with Crippen molar-refractivity contribution in [2.24, 2.45) is 7.05 Å². The molecule has 0 amide bonds. The van der Waals surface area contributed by atoms with E-state index < -0.39 is 21.2 Å². The van der Waals surface area contributed by atoms with Crippen molar-refractivity contribution in [2.75, 3.05) is 5.75 Å². The fraction of sp³-hybridized carbons (Fsp3) is 0.250. The molecule has 1 N–H and O–H groups in total. The third kappa shape index (κ3) is 3.50. The predicted octanol–water partition coefficient (Wildman–Crippen LogP) is 1.41. The molecule has 0 spiro atoms. The van der Waals surface area contributed by atoms with Crippen LogP contribution < -0.4 is 5.43 Å². The number of aryl methyl sites for hydroxylation is 1. The number of aromatic carboxylic acids is 1. The topological polar surface area (TPSA) is 93.4 Å². The Balaban J connectivity index is 2.35. The van der Waals surface area contributed by atoms with Crippen molar-refractivity contribution in [3.05, 3.63) is 63.6 Å². The highest BCUT2D eigenvalue weighted by molar-refractivity contribution is 7.91. The molecular formula is C16H17NO5S. The molecular weight excluding hydrogens is 318 g/mol. The maximum absolute atomic E-state index is 12.3. The monoisotopic (exact) mass is 335 g/mol. The highest BCUT2D eigenvalue weighted by Gasteiger charge is 2.19. The quantitative estimate of drug-likeness (QED) is 0.891. The van der Waals surface area contributed by atoms with Crippen molar-refractivity contribution in [1.82, 2.24) is 4.57 Å². The van der Waals surface area contributed by atoms with Crippen LogP contribution in [0.1, 0.15) is 21.7 Å². The molecule has 0 unspecified atom stereocenters. The van der Waals surface area contributed by atoms with E-state index in [9.17, 15) is 23.1 Å². The molecule has 0 fully saturated rings. The number of carboxylic acid groups (broad SMARTS) is 1. The number of pyridine rings is 1. The third-order valence-electron chi connectivity index (χ3n) is 3.72. The van der Waals surface area contributed by atoms with E-state index in [-0.39, 0.29) is 28.3 Å². The van der Waals surface area contributed by atoms with Crippen LogP contribution in [-0.4, -0.2) is 29.8 Å². The molecule has 1 aromatic heterocycles. The number of benzene rings is 1. The molecule has 2 rings (SSSR count). The van der Waals surface area contributed by atoms with Gasteiger partial charge in [-0.05, 0) is 19.1 Å². The van der Waals surface area contributed by atoms with Crippen LogP contribution in [0.25, 0.3) is 0 Å². The number of hydrogen-bond donors (Lipinski definition) is 1. The number of sulfone groups is 1. The zero-order chi connectivity index (χ0) is 17.2. The maximum Gasteiger partial charge on any atom is 0.352 e. The Kier molecular flexibility index (Phi) is 4.70. The van der Waals surface area contributed by atoms with Gasteiger partial charge in [0.25, 0.3) is 0 Å². The number of carboxylic acids is 1. The normalized spacial score (nSPS) is 11.4. The van der Waals surface area contributed by atoms with E-state index in [4.69, 9.17) is 0 Å². The first-order chi connectivity index (χ1) is 10.7. The van der Waals surface area contributed by atoms with E-state index in [0.29, 0.717) is 5.69 Å². The first-order valence-electron chi connectivity index (χ1n) is 6.94. The zero-order valence-electron chi connectivity index (χ0n) is 12.8. The summed E-state index contributed by atoms with van der Waals surface area (Å²) in [4.78, 5) is 23.4. The van der Waals surface area contributed by atoms with Gasteiger partial charge in [0.05, 0.1) is 10.6 Å². The van der Waals surface area contributed by atoms with E-state index >= 15 is 0 Å². The average molecular weight is 335 g/mol. The lowest BCUT2D eigenvalue weighted by atomic mass is 10.1. The molecule has 122 valence electrons. The van der Waals surface area contributed by atoms with E-state index in [1.165, 1.54) is 36.7 Å². The van der Waals surface area contributed by atoms with Gasteiger partial charge in [0.1, 0.15) is 5.69 Å². The summed E-state index contributed by atoms with van der Waals surface area (Å²) in [6, 6.07) is 9.30. The van der Waals surface area contributed by atoms with Gasteiger partial charge < -0.3 is 9.67 Å². The fourth-order valence-electron chi connectivity index (χ4n) is 2.40. The van der Waals surface area contributed by atoms with Gasteiger partial charge in [-0.3, -0.25) is 4.79 Å². The number of nitrogens with zero attached hydrogens (tertiary/aromatic N) is 1. The Labute approximate surface area is 133 Å². The largest absolute Gasteiger partial charge is 0.477 e. The summed E-state index contributed by atoms with van der Waals surface area (Å²) < 4.78 is 25.9. The lowest BCUT2D eigenvalue weighted by molar-refractivity contribution is 0.0684. The van der Waals surface area contributed by atoms with Crippen LogP contribution >= 0.6 is 0 Å². The SMILES string of the molecule is Cc1c(C(=O)O)n(C)c(CCS(=O)(=O)c2ccccc2)cc1=O. The maximum atomic E-state index is 12.3. The second kappa shape index (κ2) is 6.37. The summed E-state index contributed by atoms with van der Waals surface area (Å²) in [5.41, 5.74) is -0.0237. The van der Waals surface area contributed by atoms with Crippen molar-refractivity contribution in [3.8, 4) is 0 Å². The van der Waals surface area contributed by atoms with Gasteiger partial charge >= 0.3 is 5.97 Å². The fourth-order valence-corrected chi connectivity index (χ4v) is 3.68. The van der Waals surface area contributed by atoms with Crippen molar-refractivity contribution in [3.63, 3.8) is 0 Å². The standard InChI is InChI=1S/C16H17NO5S/c1-11-14(18)10-12(17(2)15(11)16(19)20)8-9-23(21,22)13-6-4-3-5-7-13/h3-7,10H,8-9H2,1-2H3,(H,19,20). The van der Waals surface area contributed by atoms with E-state index in [0.717, 1.165) is 0 Å². The number of aromatic nitrogens is 1. The van der Waals surface area contributed by atoms with Gasteiger partial charge in [0, 0.05) is 30.8 Å². The minimum atomic E-state index is -3.49. The summed E-state index contributed by atoms with van der Waals surface area (Å²) in [6.07, 6.45) is 0.0591. The van der Waals surface area contributed by atoms with Gasteiger partial charge in [-0.15, -0.1) is 0 Å². The van der Waals surface area contributed by atoms with Crippen LogP contribution in [0.2, 0.25) is 0 Å². The van der Waals surface area contributed by atoms with Gasteiger partial charge in [-0.1, -0.05) is 18.2 Å². The molecule has 0 saturated heterocycles. The lowest BCUT2D eigenvalue weighted by Gasteiger charge is -2.14. The Morgan fingerprint density at radius 2 is 1.83 bits per heavy atom. The Morgan fingerprint density at radius 1 is 1.22 bits per heavy atom. The van der Waals surface area contributed by atoms with Crippen LogP contribution in [0.5, 0.6) is 0 Å². The molecule has 1 heterocycles. The van der Waals surface area contributed by atoms with Gasteiger partial charge in [0.15, 0.2) is 15.3 Å². The number of rotatable bonds is 5. The smallest absolute Gasteiger partial charge is 0.352 e. The van der Waals surface area contributed by atoms with E-state index in [2.05, 4.69) is 0 Å². The van der Waals surface area contributed by atoms with Crippen molar-refractivity contribution >= 4 is 15.8 Å². The second-order valence-corrected chi connectivity index (χ2v) is 7.33. The molecule has 0 atom stereocenters. The second-order valence-electron chi connectivity index (χ2n) is 5.22. The van der Waals surface area contributed by atoms with E-state index in [1.54, 1.807) is 18.2 Å². The van der Waals surface area contributed by atoms with Crippen molar-refractivity contribution in [2.45, 2.75) is 18.2 Å². The first-order valence-corrected chi connectivity index (χ1v) is 8.60. The third-order valence-corrected chi connectivity index (χ3v) is 5.45. The summed E-state index contributed by atoms with van der Waals surface area (Å²) >= 11 is 0. The minimum Gasteiger partial charge on any atom is -0.477 e. The lowest BCUT2D eigenvalue weighted by Crippen LogP contribution is -2.23.